The summed E-state index contributed by atoms with van der Waals surface area (Å²) in [6.07, 6.45) is 1.65. The van der Waals surface area contributed by atoms with Crippen LogP contribution >= 0.6 is 11.8 Å². The summed E-state index contributed by atoms with van der Waals surface area (Å²) in [5, 5.41) is 19.4. The Kier molecular flexibility index (Phi) is 5.18. The van der Waals surface area contributed by atoms with Crippen molar-refractivity contribution in [1.82, 2.24) is 4.90 Å². The number of aromatic carboxylic acids is 1. The predicted molar refractivity (Wildman–Crippen MR) is 103 cm³/mol. The van der Waals surface area contributed by atoms with E-state index in [4.69, 9.17) is 9.84 Å². The van der Waals surface area contributed by atoms with E-state index in [1.165, 1.54) is 42.0 Å². The molecule has 0 unspecified atom stereocenters. The molecule has 8 heteroatoms. The maximum Gasteiger partial charge on any atom is 0.335 e. The standard InChI is InChI=1S/C19H16N2O5S/c1-21-17(23)16(9-11-6-7-15(26-2)14(22)8-11)27-19(21)20-13-5-3-4-12(10-13)18(24)25/h3-10,22H,1-2H3,(H,24,25)/b16-9-,20-19?. The zero-order chi connectivity index (χ0) is 19.6. The van der Waals surface area contributed by atoms with Gasteiger partial charge in [0.05, 0.1) is 23.3 Å². The first-order valence-corrected chi connectivity index (χ1v) is 8.67. The number of carboxylic acid groups (broad SMARTS) is 1. The molecule has 0 aromatic heterocycles. The highest BCUT2D eigenvalue weighted by Crippen LogP contribution is 2.34. The summed E-state index contributed by atoms with van der Waals surface area (Å²) in [6, 6.07) is 11.0. The molecule has 0 atom stereocenters. The lowest BCUT2D eigenvalue weighted by molar-refractivity contribution is -0.121. The largest absolute Gasteiger partial charge is 0.504 e. The number of phenols is 1. The molecule has 1 saturated heterocycles. The second-order valence-corrected chi connectivity index (χ2v) is 6.67. The molecule has 0 saturated carbocycles. The smallest absolute Gasteiger partial charge is 0.335 e. The number of thioether (sulfide) groups is 1. The maximum absolute atomic E-state index is 12.5. The molecule has 1 aliphatic rings. The Morgan fingerprint density at radius 3 is 2.70 bits per heavy atom. The third-order valence-electron chi connectivity index (χ3n) is 3.82. The number of aromatic hydroxyl groups is 1. The molecule has 7 nitrogen and oxygen atoms in total. The van der Waals surface area contributed by atoms with Gasteiger partial charge < -0.3 is 14.9 Å². The van der Waals surface area contributed by atoms with Gasteiger partial charge in [-0.05, 0) is 53.7 Å². The van der Waals surface area contributed by atoms with Crippen molar-refractivity contribution < 1.29 is 24.5 Å². The Morgan fingerprint density at radius 2 is 2.04 bits per heavy atom. The van der Waals surface area contributed by atoms with Crippen LogP contribution in [0, 0.1) is 0 Å². The van der Waals surface area contributed by atoms with Crippen molar-refractivity contribution in [3.63, 3.8) is 0 Å². The summed E-state index contributed by atoms with van der Waals surface area (Å²) >= 11 is 1.17. The molecule has 1 aliphatic heterocycles. The fourth-order valence-electron chi connectivity index (χ4n) is 2.42. The zero-order valence-corrected chi connectivity index (χ0v) is 15.4. The van der Waals surface area contributed by atoms with Crippen LogP contribution in [0.3, 0.4) is 0 Å². The highest BCUT2D eigenvalue weighted by molar-refractivity contribution is 8.18. The van der Waals surface area contributed by atoms with Crippen LogP contribution in [0.15, 0.2) is 52.4 Å². The highest BCUT2D eigenvalue weighted by Gasteiger charge is 2.30. The number of nitrogens with zero attached hydrogens (tertiary/aromatic N) is 2. The van der Waals surface area contributed by atoms with Crippen LogP contribution in [0.1, 0.15) is 15.9 Å². The highest BCUT2D eigenvalue weighted by atomic mass is 32.2. The van der Waals surface area contributed by atoms with Crippen molar-refractivity contribution in [2.24, 2.45) is 4.99 Å². The number of ether oxygens (including phenoxy) is 1. The summed E-state index contributed by atoms with van der Waals surface area (Å²) in [5.41, 5.74) is 1.21. The minimum Gasteiger partial charge on any atom is -0.504 e. The van der Waals surface area contributed by atoms with Gasteiger partial charge in [0.1, 0.15) is 0 Å². The number of hydrogen-bond acceptors (Lipinski definition) is 6. The van der Waals surface area contributed by atoms with Crippen LogP contribution in [0.25, 0.3) is 6.08 Å². The lowest BCUT2D eigenvalue weighted by Gasteiger charge is -2.07. The van der Waals surface area contributed by atoms with Gasteiger partial charge in [-0.15, -0.1) is 0 Å². The quantitative estimate of drug-likeness (QED) is 0.785. The van der Waals surface area contributed by atoms with Crippen molar-refractivity contribution in [2.75, 3.05) is 14.2 Å². The van der Waals surface area contributed by atoms with Gasteiger partial charge in [0.25, 0.3) is 5.91 Å². The van der Waals surface area contributed by atoms with Crippen LogP contribution in [0.2, 0.25) is 0 Å². The number of carbonyl (C=O) groups is 2. The molecule has 0 radical (unpaired) electrons. The van der Waals surface area contributed by atoms with E-state index < -0.39 is 5.97 Å². The van der Waals surface area contributed by atoms with Crippen LogP contribution in [-0.2, 0) is 4.79 Å². The van der Waals surface area contributed by atoms with Gasteiger partial charge in [-0.2, -0.15) is 0 Å². The monoisotopic (exact) mass is 384 g/mol. The van der Waals surface area contributed by atoms with E-state index in [9.17, 15) is 14.7 Å². The van der Waals surface area contributed by atoms with E-state index in [1.807, 2.05) is 0 Å². The topological polar surface area (TPSA) is 99.4 Å². The summed E-state index contributed by atoms with van der Waals surface area (Å²) < 4.78 is 5.01. The Morgan fingerprint density at radius 1 is 1.26 bits per heavy atom. The minimum atomic E-state index is -1.04. The summed E-state index contributed by atoms with van der Waals surface area (Å²) in [5.74, 6) is -0.945. The number of rotatable bonds is 4. The SMILES string of the molecule is COc1ccc(/C=C2\SC(=Nc3cccc(C(=O)O)c3)N(C)C2=O)cc1O. The maximum atomic E-state index is 12.5. The van der Waals surface area contributed by atoms with E-state index in [1.54, 1.807) is 37.4 Å². The molecule has 138 valence electrons. The lowest BCUT2D eigenvalue weighted by atomic mass is 10.2. The Labute approximate surface area is 159 Å². The van der Waals surface area contributed by atoms with E-state index in [0.29, 0.717) is 27.1 Å². The summed E-state index contributed by atoms with van der Waals surface area (Å²) in [6.45, 7) is 0. The first-order chi connectivity index (χ1) is 12.9. The van der Waals surface area contributed by atoms with Crippen molar-refractivity contribution in [2.45, 2.75) is 0 Å². The number of amides is 1. The lowest BCUT2D eigenvalue weighted by Crippen LogP contribution is -2.23. The van der Waals surface area contributed by atoms with E-state index in [2.05, 4.69) is 4.99 Å². The number of carbonyl (C=O) groups excluding carboxylic acids is 1. The van der Waals surface area contributed by atoms with Crippen LogP contribution < -0.4 is 4.74 Å². The molecule has 0 bridgehead atoms. The molecule has 3 rings (SSSR count). The third-order valence-corrected chi connectivity index (χ3v) is 4.88. The average Bonchev–Trinajstić information content (AvgIpc) is 2.90. The second-order valence-electron chi connectivity index (χ2n) is 5.66. The van der Waals surface area contributed by atoms with Crippen molar-refractivity contribution in [3.8, 4) is 11.5 Å². The Balaban J connectivity index is 1.89. The number of benzene rings is 2. The number of likely N-dealkylation sites (N-methyl/N-ethyl adjacent to an activating group) is 1. The number of amidine groups is 1. The zero-order valence-electron chi connectivity index (χ0n) is 14.5. The Hall–Kier alpha value is -3.26. The number of hydrogen-bond donors (Lipinski definition) is 2. The number of phenolic OH excluding ortho intramolecular Hbond substituents is 1. The third kappa shape index (κ3) is 3.95. The Bertz CT molecular complexity index is 984. The second kappa shape index (κ2) is 7.55. The first kappa shape index (κ1) is 18.5. The predicted octanol–water partition coefficient (Wildman–Crippen LogP) is 3.33. The number of carboxylic acids is 1. The van der Waals surface area contributed by atoms with Gasteiger partial charge in [0.2, 0.25) is 0 Å². The van der Waals surface area contributed by atoms with Gasteiger partial charge in [-0.25, -0.2) is 9.79 Å². The molecule has 2 aromatic carbocycles. The van der Waals surface area contributed by atoms with Crippen LogP contribution in [0.5, 0.6) is 11.5 Å². The molecule has 1 heterocycles. The number of aliphatic imine (C=N–C) groups is 1. The number of methoxy groups -OCH3 is 1. The normalized spacial score (nSPS) is 17.0. The molecule has 27 heavy (non-hydrogen) atoms. The molecule has 2 N–H and O–H groups in total. The van der Waals surface area contributed by atoms with E-state index in [0.717, 1.165) is 0 Å². The molecular weight excluding hydrogens is 368 g/mol. The molecule has 1 fully saturated rings. The average molecular weight is 384 g/mol. The van der Waals surface area contributed by atoms with Gasteiger partial charge in [-0.1, -0.05) is 12.1 Å². The van der Waals surface area contributed by atoms with Gasteiger partial charge in [-0.3, -0.25) is 9.69 Å². The van der Waals surface area contributed by atoms with E-state index >= 15 is 0 Å². The van der Waals surface area contributed by atoms with Crippen molar-refractivity contribution in [3.05, 3.63) is 58.5 Å². The van der Waals surface area contributed by atoms with Crippen LogP contribution in [-0.4, -0.2) is 46.3 Å². The van der Waals surface area contributed by atoms with Gasteiger partial charge in [0.15, 0.2) is 16.7 Å². The molecule has 1 amide bonds. The van der Waals surface area contributed by atoms with Gasteiger partial charge in [0, 0.05) is 7.05 Å². The van der Waals surface area contributed by atoms with Crippen molar-refractivity contribution >= 4 is 40.6 Å². The fraction of sp³-hybridized carbons (Fsp3) is 0.105. The summed E-state index contributed by atoms with van der Waals surface area (Å²) in [7, 11) is 3.06. The van der Waals surface area contributed by atoms with Crippen LogP contribution in [0.4, 0.5) is 5.69 Å². The minimum absolute atomic E-state index is 0.0185. The first-order valence-electron chi connectivity index (χ1n) is 7.85. The molecule has 0 spiro atoms. The molecule has 2 aromatic rings. The summed E-state index contributed by atoms with van der Waals surface area (Å²) in [4.78, 5) is 29.8. The molecular formula is C19H16N2O5S. The van der Waals surface area contributed by atoms with Crippen molar-refractivity contribution in [1.29, 1.82) is 0 Å². The van der Waals surface area contributed by atoms with E-state index in [-0.39, 0.29) is 17.2 Å². The van der Waals surface area contributed by atoms with Gasteiger partial charge >= 0.3 is 5.97 Å². The molecule has 0 aliphatic carbocycles. The fourth-order valence-corrected chi connectivity index (χ4v) is 3.41.